The van der Waals surface area contributed by atoms with Crippen molar-refractivity contribution in [2.45, 2.75) is 13.0 Å². The summed E-state index contributed by atoms with van der Waals surface area (Å²) in [5.41, 5.74) is 1.48. The summed E-state index contributed by atoms with van der Waals surface area (Å²) in [4.78, 5) is 21.3. The smallest absolute Gasteiger partial charge is 0.323 e. The van der Waals surface area contributed by atoms with Crippen molar-refractivity contribution in [2.24, 2.45) is 0 Å². The number of ether oxygens (including phenoxy) is 2. The van der Waals surface area contributed by atoms with Crippen LogP contribution in [-0.2, 0) is 6.54 Å². The van der Waals surface area contributed by atoms with Gasteiger partial charge in [-0.3, -0.25) is 4.90 Å². The fourth-order valence-electron chi connectivity index (χ4n) is 4.10. The minimum atomic E-state index is -0.848. The quantitative estimate of drug-likeness (QED) is 0.491. The minimum absolute atomic E-state index is 0.111. The molecule has 3 aromatic rings. The highest BCUT2D eigenvalue weighted by molar-refractivity contribution is 5.99. The van der Waals surface area contributed by atoms with Crippen molar-refractivity contribution in [3.63, 3.8) is 0 Å². The normalized spacial score (nSPS) is 14.2. The van der Waals surface area contributed by atoms with Crippen molar-refractivity contribution < 1.29 is 23.0 Å². The second-order valence-electron chi connectivity index (χ2n) is 8.45. The van der Waals surface area contributed by atoms with E-state index in [9.17, 15) is 13.6 Å². The Bertz CT molecular complexity index is 1170. The van der Waals surface area contributed by atoms with Gasteiger partial charge in [-0.15, -0.1) is 0 Å². The first-order valence-electron chi connectivity index (χ1n) is 11.6. The van der Waals surface area contributed by atoms with Crippen molar-refractivity contribution >= 4 is 23.2 Å². The summed E-state index contributed by atoms with van der Waals surface area (Å²) in [6, 6.07) is 11.8. The molecule has 0 bridgehead atoms. The molecule has 0 spiro atoms. The fraction of sp³-hybridized carbons (Fsp3) is 0.308. The maximum atomic E-state index is 13.7. The number of urea groups is 1. The Kier molecular flexibility index (Phi) is 8.17. The van der Waals surface area contributed by atoms with Crippen molar-refractivity contribution in [1.82, 2.24) is 9.88 Å². The number of hydrogen-bond donors (Lipinski definition) is 2. The van der Waals surface area contributed by atoms with Gasteiger partial charge in [0.15, 0.2) is 0 Å². The van der Waals surface area contributed by atoms with E-state index in [1.165, 1.54) is 6.07 Å². The summed E-state index contributed by atoms with van der Waals surface area (Å²) in [7, 11) is 3.29. The number of methoxy groups -OCH3 is 2. The standard InChI is InChI=1S/C26H29F2N5O3/c1-35-21-12-18(13-22(15-21)36-2)17-32-8-3-9-33(11-10-32)25-7-5-20(16-29-25)30-26(34)31-24-6-4-19(27)14-23(24)28/h4-7,12-16H,3,8-11,17H2,1-2H3,(H2,30,31,34). The average molecular weight is 498 g/mol. The first-order valence-corrected chi connectivity index (χ1v) is 11.6. The molecule has 8 nitrogen and oxygen atoms in total. The average Bonchev–Trinajstić information content (AvgIpc) is 3.11. The van der Waals surface area contributed by atoms with Crippen LogP contribution in [0.4, 0.5) is 30.8 Å². The third kappa shape index (κ3) is 6.60. The van der Waals surface area contributed by atoms with Crippen molar-refractivity contribution in [3.05, 3.63) is 71.9 Å². The number of aromatic nitrogens is 1. The molecule has 0 unspecified atom stereocenters. The molecule has 0 saturated carbocycles. The number of nitrogens with zero attached hydrogens (tertiary/aromatic N) is 3. The first-order chi connectivity index (χ1) is 17.4. The molecule has 1 saturated heterocycles. The van der Waals surface area contributed by atoms with Crippen LogP contribution in [0, 0.1) is 11.6 Å². The van der Waals surface area contributed by atoms with Crippen molar-refractivity contribution in [2.75, 3.05) is 55.9 Å². The summed E-state index contributed by atoms with van der Waals surface area (Å²) in [6.45, 7) is 4.29. The van der Waals surface area contributed by atoms with Gasteiger partial charge in [0.2, 0.25) is 0 Å². The maximum Gasteiger partial charge on any atom is 0.323 e. The van der Waals surface area contributed by atoms with Crippen molar-refractivity contribution in [1.29, 1.82) is 0 Å². The Morgan fingerprint density at radius 2 is 1.72 bits per heavy atom. The Labute approximate surface area is 208 Å². The molecule has 10 heteroatoms. The molecular formula is C26H29F2N5O3. The van der Waals surface area contributed by atoms with Gasteiger partial charge >= 0.3 is 6.03 Å². The predicted octanol–water partition coefficient (Wildman–Crippen LogP) is 4.73. The molecule has 1 aliphatic rings. The number of amides is 2. The van der Waals surface area contributed by atoms with Crippen molar-refractivity contribution in [3.8, 4) is 11.5 Å². The van der Waals surface area contributed by atoms with Gasteiger partial charge in [0.25, 0.3) is 0 Å². The highest BCUT2D eigenvalue weighted by Crippen LogP contribution is 2.24. The van der Waals surface area contributed by atoms with Gasteiger partial charge in [-0.25, -0.2) is 18.6 Å². The van der Waals surface area contributed by atoms with E-state index < -0.39 is 17.7 Å². The molecule has 1 aliphatic heterocycles. The number of nitrogens with one attached hydrogen (secondary N) is 2. The lowest BCUT2D eigenvalue weighted by atomic mass is 10.2. The van der Waals surface area contributed by atoms with Crippen LogP contribution in [-0.4, -0.2) is 56.3 Å². The van der Waals surface area contributed by atoms with Gasteiger partial charge in [-0.05, 0) is 48.4 Å². The summed E-state index contributed by atoms with van der Waals surface area (Å²) in [6.07, 6.45) is 2.54. The second-order valence-corrected chi connectivity index (χ2v) is 8.45. The summed E-state index contributed by atoms with van der Waals surface area (Å²) in [5, 5.41) is 4.97. The zero-order valence-electron chi connectivity index (χ0n) is 20.3. The zero-order chi connectivity index (χ0) is 25.5. The third-order valence-electron chi connectivity index (χ3n) is 5.91. The van der Waals surface area contributed by atoms with Crippen LogP contribution in [0.5, 0.6) is 11.5 Å². The molecular weight excluding hydrogens is 468 g/mol. The van der Waals surface area contributed by atoms with E-state index in [2.05, 4.69) is 25.4 Å². The molecule has 0 atom stereocenters. The molecule has 2 N–H and O–H groups in total. The number of pyridine rings is 1. The molecule has 1 fully saturated rings. The number of anilines is 3. The zero-order valence-corrected chi connectivity index (χ0v) is 20.3. The van der Waals surface area contributed by atoms with E-state index >= 15 is 0 Å². The van der Waals surface area contributed by atoms with E-state index in [1.54, 1.807) is 26.5 Å². The monoisotopic (exact) mass is 497 g/mol. The molecule has 1 aromatic heterocycles. The van der Waals surface area contributed by atoms with Crippen LogP contribution >= 0.6 is 0 Å². The number of carbonyl (C=O) groups is 1. The highest BCUT2D eigenvalue weighted by Gasteiger charge is 2.17. The minimum Gasteiger partial charge on any atom is -0.497 e. The molecule has 190 valence electrons. The number of rotatable bonds is 7. The SMILES string of the molecule is COc1cc(CN2CCCN(c3ccc(NC(=O)Nc4ccc(F)cc4F)cn3)CC2)cc(OC)c1. The molecule has 0 radical (unpaired) electrons. The molecule has 2 heterocycles. The van der Waals surface area contributed by atoms with E-state index in [0.29, 0.717) is 11.8 Å². The summed E-state index contributed by atoms with van der Waals surface area (Å²) >= 11 is 0. The molecule has 2 aromatic carbocycles. The number of benzene rings is 2. The first kappa shape index (κ1) is 25.2. The van der Waals surface area contributed by atoms with Crippen LogP contribution in [0.2, 0.25) is 0 Å². The van der Waals surface area contributed by atoms with Gasteiger partial charge in [0.1, 0.15) is 29.0 Å². The van der Waals surface area contributed by atoms with E-state index in [-0.39, 0.29) is 5.69 Å². The summed E-state index contributed by atoms with van der Waals surface area (Å²) in [5.74, 6) is 0.801. The lowest BCUT2D eigenvalue weighted by Gasteiger charge is -2.23. The van der Waals surface area contributed by atoms with Crippen LogP contribution < -0.4 is 25.0 Å². The largest absolute Gasteiger partial charge is 0.497 e. The molecule has 0 aliphatic carbocycles. The van der Waals surface area contributed by atoms with E-state index in [0.717, 1.165) is 68.1 Å². The number of hydrogen-bond acceptors (Lipinski definition) is 6. The summed E-state index contributed by atoms with van der Waals surface area (Å²) < 4.78 is 37.5. The van der Waals surface area contributed by atoms with Gasteiger partial charge in [0.05, 0.1) is 31.8 Å². The van der Waals surface area contributed by atoms with Crippen LogP contribution in [0.1, 0.15) is 12.0 Å². The predicted molar refractivity (Wildman–Crippen MR) is 135 cm³/mol. The van der Waals surface area contributed by atoms with Gasteiger partial charge < -0.3 is 25.0 Å². The van der Waals surface area contributed by atoms with E-state index in [1.807, 2.05) is 24.3 Å². The van der Waals surface area contributed by atoms with E-state index in [4.69, 9.17) is 9.47 Å². The Balaban J connectivity index is 1.31. The Hall–Kier alpha value is -3.92. The molecule has 36 heavy (non-hydrogen) atoms. The number of halogens is 2. The molecule has 4 rings (SSSR count). The Morgan fingerprint density at radius 3 is 2.39 bits per heavy atom. The highest BCUT2D eigenvalue weighted by atomic mass is 19.1. The fourth-order valence-corrected chi connectivity index (χ4v) is 4.10. The van der Waals surface area contributed by atoms with Gasteiger partial charge in [-0.2, -0.15) is 0 Å². The van der Waals surface area contributed by atoms with Crippen LogP contribution in [0.15, 0.2) is 54.7 Å². The topological polar surface area (TPSA) is 79.0 Å². The number of carbonyl (C=O) groups excluding carboxylic acids is 1. The van der Waals surface area contributed by atoms with Crippen LogP contribution in [0.3, 0.4) is 0 Å². The molecule has 2 amide bonds. The maximum absolute atomic E-state index is 13.7. The Morgan fingerprint density at radius 1 is 0.944 bits per heavy atom. The second kappa shape index (κ2) is 11.7. The van der Waals surface area contributed by atoms with Gasteiger partial charge in [-0.1, -0.05) is 0 Å². The lowest BCUT2D eigenvalue weighted by molar-refractivity contribution is 0.262. The lowest BCUT2D eigenvalue weighted by Crippen LogP contribution is -2.31. The van der Waals surface area contributed by atoms with Gasteiger partial charge in [0, 0.05) is 44.9 Å². The third-order valence-corrected chi connectivity index (χ3v) is 5.91. The van der Waals surface area contributed by atoms with Crippen LogP contribution in [0.25, 0.3) is 0 Å².